The second-order valence-electron chi connectivity index (χ2n) is 13.1. The minimum atomic E-state index is -0.223. The monoisotopic (exact) mass is 620 g/mol. The van der Waals surface area contributed by atoms with Crippen LogP contribution in [0.25, 0.3) is 15.6 Å². The van der Waals surface area contributed by atoms with Crippen LogP contribution in [-0.4, -0.2) is 115 Å². The van der Waals surface area contributed by atoms with Crippen LogP contribution in [0, 0.1) is 6.57 Å². The molecule has 4 heterocycles. The van der Waals surface area contributed by atoms with Gasteiger partial charge in [0, 0.05) is 75.0 Å². The average molecular weight is 621 g/mol. The fraction of sp³-hybridized carbons (Fsp3) is 0.500. The van der Waals surface area contributed by atoms with Crippen molar-refractivity contribution in [2.75, 3.05) is 75.8 Å². The number of nitrogens with zero attached hydrogens (tertiary/aromatic N) is 8. The van der Waals surface area contributed by atoms with E-state index < -0.39 is 0 Å². The molecule has 0 bridgehead atoms. The second-order valence-corrected chi connectivity index (χ2v) is 13.1. The molecule has 3 aromatic rings. The zero-order valence-corrected chi connectivity index (χ0v) is 26.9. The molecule has 0 radical (unpaired) electrons. The topological polar surface area (TPSA) is 72.6 Å². The first kappa shape index (κ1) is 30.5. The van der Waals surface area contributed by atoms with E-state index in [-0.39, 0.29) is 24.6 Å². The van der Waals surface area contributed by atoms with Crippen molar-refractivity contribution < 1.29 is 9.53 Å². The van der Waals surface area contributed by atoms with Crippen LogP contribution in [0.5, 0.6) is 6.01 Å². The van der Waals surface area contributed by atoms with Crippen LogP contribution < -0.4 is 14.5 Å². The molecule has 1 aromatic heterocycles. The summed E-state index contributed by atoms with van der Waals surface area (Å²) in [5.74, 6) is 0.774. The lowest BCUT2D eigenvalue weighted by atomic mass is 10.0. The van der Waals surface area contributed by atoms with Crippen LogP contribution in [0.3, 0.4) is 0 Å². The first-order valence-electron chi connectivity index (χ1n) is 16.8. The number of ether oxygens (including phenoxy) is 1. The Morgan fingerprint density at radius 2 is 1.85 bits per heavy atom. The van der Waals surface area contributed by atoms with Gasteiger partial charge in [0.2, 0.25) is 12.5 Å². The van der Waals surface area contributed by atoms with E-state index in [0.717, 1.165) is 75.5 Å². The lowest BCUT2D eigenvalue weighted by molar-refractivity contribution is -0.128. The molecule has 1 amide bonds. The van der Waals surface area contributed by atoms with Crippen molar-refractivity contribution >= 4 is 28.2 Å². The molecule has 1 saturated carbocycles. The largest absolute Gasteiger partial charge is 0.458 e. The molecule has 7 rings (SSSR count). The van der Waals surface area contributed by atoms with Gasteiger partial charge in [-0.15, -0.1) is 0 Å². The van der Waals surface area contributed by atoms with Crippen LogP contribution in [0.4, 0.5) is 11.5 Å². The van der Waals surface area contributed by atoms with Gasteiger partial charge >= 0.3 is 6.01 Å². The van der Waals surface area contributed by atoms with Gasteiger partial charge in [-0.25, -0.2) is 6.57 Å². The Hall–Kier alpha value is -4.20. The number of aromatic nitrogens is 2. The fourth-order valence-corrected chi connectivity index (χ4v) is 7.86. The number of likely N-dealkylation sites (N-methyl/N-ethyl adjacent to an activating group) is 1. The lowest BCUT2D eigenvalue weighted by Gasteiger charge is -2.41. The van der Waals surface area contributed by atoms with Gasteiger partial charge in [-0.3, -0.25) is 9.69 Å². The van der Waals surface area contributed by atoms with Crippen molar-refractivity contribution in [3.8, 4) is 6.01 Å². The van der Waals surface area contributed by atoms with Crippen molar-refractivity contribution in [2.24, 2.45) is 0 Å². The number of fused-ring (bicyclic) bond motifs is 2. The summed E-state index contributed by atoms with van der Waals surface area (Å²) in [4.78, 5) is 38.1. The fourth-order valence-electron chi connectivity index (χ4n) is 7.86. The van der Waals surface area contributed by atoms with Crippen molar-refractivity contribution in [1.82, 2.24) is 24.7 Å². The summed E-state index contributed by atoms with van der Waals surface area (Å²) in [6, 6.07) is 15.7. The number of hydrogen-bond donors (Lipinski definition) is 0. The van der Waals surface area contributed by atoms with Gasteiger partial charge < -0.3 is 29.2 Å². The Kier molecular flexibility index (Phi) is 8.78. The molecule has 1 aliphatic carbocycles. The second kappa shape index (κ2) is 13.3. The molecule has 3 aliphatic heterocycles. The van der Waals surface area contributed by atoms with Gasteiger partial charge in [0.25, 0.3) is 0 Å². The Bertz CT molecular complexity index is 1620. The van der Waals surface area contributed by atoms with Gasteiger partial charge in [0.1, 0.15) is 18.0 Å². The standard InChI is InChI=1S/C36H44N8O2/c1-4-34(45)44-22-21-43(24-27(44)23-37-2)35-29-15-16-42(31-12-7-10-26-9-5-6-11-28(26)31)25-30(29)38-36(39-35)46-33-14-8-13-32(33)41-19-17-40(3)18-20-41/h4-7,9-12,27,32-33H,1,8,13-25H2,3H3. The van der Waals surface area contributed by atoms with Crippen molar-refractivity contribution in [3.05, 3.63) is 77.8 Å². The number of benzene rings is 2. The van der Waals surface area contributed by atoms with Crippen LogP contribution >= 0.6 is 0 Å². The molecule has 10 heteroatoms. The van der Waals surface area contributed by atoms with E-state index in [1.807, 2.05) is 0 Å². The first-order valence-corrected chi connectivity index (χ1v) is 16.8. The third-order valence-electron chi connectivity index (χ3n) is 10.4. The van der Waals surface area contributed by atoms with E-state index in [4.69, 9.17) is 21.3 Å². The molecule has 46 heavy (non-hydrogen) atoms. The Labute approximate surface area is 272 Å². The molecule has 2 saturated heterocycles. The maximum atomic E-state index is 12.6. The summed E-state index contributed by atoms with van der Waals surface area (Å²) in [7, 11) is 2.19. The maximum absolute atomic E-state index is 12.6. The molecule has 3 fully saturated rings. The number of anilines is 2. The summed E-state index contributed by atoms with van der Waals surface area (Å²) in [6.07, 6.45) is 5.50. The lowest BCUT2D eigenvalue weighted by Crippen LogP contribution is -2.56. The summed E-state index contributed by atoms with van der Waals surface area (Å²) in [6.45, 7) is 19.0. The Morgan fingerprint density at radius 3 is 2.67 bits per heavy atom. The van der Waals surface area contributed by atoms with E-state index >= 15 is 0 Å². The van der Waals surface area contributed by atoms with Crippen molar-refractivity contribution in [2.45, 2.75) is 50.4 Å². The molecule has 4 aliphatic rings. The molecule has 3 atom stereocenters. The highest BCUT2D eigenvalue weighted by molar-refractivity contribution is 5.94. The zero-order valence-electron chi connectivity index (χ0n) is 26.9. The normalized spacial score (nSPS) is 24.1. The average Bonchev–Trinajstić information content (AvgIpc) is 3.55. The van der Waals surface area contributed by atoms with Crippen molar-refractivity contribution in [1.29, 1.82) is 0 Å². The van der Waals surface area contributed by atoms with Gasteiger partial charge in [-0.2, -0.15) is 9.97 Å². The third-order valence-corrected chi connectivity index (χ3v) is 10.4. The Balaban J connectivity index is 1.21. The SMILES string of the molecule is [C-]#[N+]CC1CN(c2nc(OC3CCCC3N3CCN(C)CC3)nc3c2CCN(c2cccc4ccccc24)C3)CCN1C(=O)C=C. The minimum absolute atomic E-state index is 0.0592. The zero-order chi connectivity index (χ0) is 31.6. The molecular weight excluding hydrogens is 576 g/mol. The van der Waals surface area contributed by atoms with E-state index in [2.05, 4.69) is 80.5 Å². The first-order chi connectivity index (χ1) is 22.5. The minimum Gasteiger partial charge on any atom is -0.458 e. The van der Waals surface area contributed by atoms with Crippen LogP contribution in [-0.2, 0) is 17.8 Å². The molecule has 2 aromatic carbocycles. The summed E-state index contributed by atoms with van der Waals surface area (Å²) >= 11 is 0. The quantitative estimate of drug-likeness (QED) is 0.292. The predicted octanol–water partition coefficient (Wildman–Crippen LogP) is 3.86. The van der Waals surface area contributed by atoms with Crippen molar-refractivity contribution in [3.63, 3.8) is 0 Å². The smallest absolute Gasteiger partial charge is 0.319 e. The summed E-state index contributed by atoms with van der Waals surface area (Å²) < 4.78 is 6.78. The number of rotatable bonds is 7. The molecular formula is C36H44N8O2. The number of piperazine rings is 2. The van der Waals surface area contributed by atoms with Gasteiger partial charge in [-0.1, -0.05) is 43.0 Å². The van der Waals surface area contributed by atoms with E-state index in [9.17, 15) is 4.79 Å². The van der Waals surface area contributed by atoms with E-state index in [0.29, 0.717) is 38.2 Å². The number of amides is 1. The van der Waals surface area contributed by atoms with Crippen LogP contribution in [0.2, 0.25) is 0 Å². The molecule has 0 N–H and O–H groups in total. The van der Waals surface area contributed by atoms with Gasteiger partial charge in [0.05, 0.1) is 12.2 Å². The summed E-state index contributed by atoms with van der Waals surface area (Å²) in [5, 5.41) is 2.47. The predicted molar refractivity (Wildman–Crippen MR) is 181 cm³/mol. The molecule has 0 spiro atoms. The Morgan fingerprint density at radius 1 is 1.02 bits per heavy atom. The van der Waals surface area contributed by atoms with Gasteiger partial charge in [0.15, 0.2) is 0 Å². The van der Waals surface area contributed by atoms with Crippen LogP contribution in [0.15, 0.2) is 55.1 Å². The summed E-state index contributed by atoms with van der Waals surface area (Å²) in [5.41, 5.74) is 3.36. The highest BCUT2D eigenvalue weighted by Crippen LogP contribution is 2.36. The number of carbonyl (C=O) groups excluding carboxylic acids is 1. The molecule has 3 unspecified atom stereocenters. The van der Waals surface area contributed by atoms with E-state index in [1.54, 1.807) is 4.90 Å². The maximum Gasteiger partial charge on any atom is 0.319 e. The van der Waals surface area contributed by atoms with E-state index in [1.165, 1.54) is 22.5 Å². The third kappa shape index (κ3) is 6.02. The number of hydrogen-bond acceptors (Lipinski definition) is 8. The van der Waals surface area contributed by atoms with Crippen LogP contribution in [0.1, 0.15) is 30.5 Å². The highest BCUT2D eigenvalue weighted by atomic mass is 16.5. The molecule has 10 nitrogen and oxygen atoms in total. The molecule has 240 valence electrons. The number of carbonyl (C=O) groups is 1. The van der Waals surface area contributed by atoms with Gasteiger partial charge in [-0.05, 0) is 50.3 Å². The highest BCUT2D eigenvalue weighted by Gasteiger charge is 2.38.